The zero-order valence-electron chi connectivity index (χ0n) is 12.2. The fourth-order valence-electron chi connectivity index (χ4n) is 2.17. The third kappa shape index (κ3) is 3.49. The highest BCUT2D eigenvalue weighted by atomic mass is 35.5. The van der Waals surface area contributed by atoms with Crippen LogP contribution in [0.4, 0.5) is 0 Å². The zero-order chi connectivity index (χ0) is 15.2. The van der Waals surface area contributed by atoms with E-state index in [4.69, 9.17) is 21.1 Å². The van der Waals surface area contributed by atoms with E-state index < -0.39 is 6.10 Å². The quantitative estimate of drug-likeness (QED) is 0.868. The van der Waals surface area contributed by atoms with Gasteiger partial charge in [0, 0.05) is 11.1 Å². The number of para-hydroxylation sites is 1. The van der Waals surface area contributed by atoms with Gasteiger partial charge in [-0.15, -0.1) is 0 Å². The molecule has 0 bridgehead atoms. The van der Waals surface area contributed by atoms with Crippen molar-refractivity contribution in [3.05, 3.63) is 58.6 Å². The van der Waals surface area contributed by atoms with Crippen molar-refractivity contribution in [1.29, 1.82) is 0 Å². The molecular weight excluding hydrogens is 288 g/mol. The van der Waals surface area contributed by atoms with Crippen molar-refractivity contribution in [2.45, 2.75) is 19.4 Å². The van der Waals surface area contributed by atoms with Gasteiger partial charge in [-0.05, 0) is 24.6 Å². The van der Waals surface area contributed by atoms with Crippen molar-refractivity contribution in [2.24, 2.45) is 0 Å². The minimum Gasteiger partial charge on any atom is -0.496 e. The van der Waals surface area contributed by atoms with E-state index in [1.54, 1.807) is 25.3 Å². The Bertz CT molecular complexity index is 598. The molecule has 2 aromatic rings. The van der Waals surface area contributed by atoms with Crippen LogP contribution < -0.4 is 9.47 Å². The Morgan fingerprint density at radius 3 is 2.52 bits per heavy atom. The van der Waals surface area contributed by atoms with Crippen LogP contribution >= 0.6 is 11.6 Å². The lowest BCUT2D eigenvalue weighted by molar-refractivity contribution is 0.206. The van der Waals surface area contributed by atoms with Crippen LogP contribution in [0.25, 0.3) is 0 Å². The van der Waals surface area contributed by atoms with Crippen LogP contribution in [0.1, 0.15) is 30.6 Å². The number of benzene rings is 2. The lowest BCUT2D eigenvalue weighted by atomic mass is 9.99. The van der Waals surface area contributed by atoms with Crippen LogP contribution in [0.3, 0.4) is 0 Å². The highest BCUT2D eigenvalue weighted by molar-refractivity contribution is 6.31. The van der Waals surface area contributed by atoms with Gasteiger partial charge in [0.15, 0.2) is 0 Å². The maximum atomic E-state index is 10.7. The van der Waals surface area contributed by atoms with Gasteiger partial charge >= 0.3 is 0 Å². The molecule has 0 radical (unpaired) electrons. The number of methoxy groups -OCH3 is 1. The minimum absolute atomic E-state index is 0.465. The SMILES string of the molecule is CCCOc1ccccc1C(O)c1c(Cl)cccc1OC. The molecule has 0 saturated carbocycles. The van der Waals surface area contributed by atoms with Crippen LogP contribution in [0.5, 0.6) is 11.5 Å². The summed E-state index contributed by atoms with van der Waals surface area (Å²) in [6.07, 6.45) is 0.00142. The smallest absolute Gasteiger partial charge is 0.126 e. The van der Waals surface area contributed by atoms with Gasteiger partial charge in [0.25, 0.3) is 0 Å². The van der Waals surface area contributed by atoms with Gasteiger partial charge < -0.3 is 14.6 Å². The number of rotatable bonds is 6. The lowest BCUT2D eigenvalue weighted by Crippen LogP contribution is -2.07. The molecule has 0 saturated heterocycles. The van der Waals surface area contributed by atoms with Gasteiger partial charge in [0.2, 0.25) is 0 Å². The van der Waals surface area contributed by atoms with Crippen molar-refractivity contribution in [3.63, 3.8) is 0 Å². The van der Waals surface area contributed by atoms with E-state index >= 15 is 0 Å². The van der Waals surface area contributed by atoms with E-state index in [0.29, 0.717) is 34.3 Å². The summed E-state index contributed by atoms with van der Waals surface area (Å²) in [7, 11) is 1.56. The van der Waals surface area contributed by atoms with Crippen molar-refractivity contribution < 1.29 is 14.6 Å². The molecule has 0 aliphatic carbocycles. The first-order valence-corrected chi connectivity index (χ1v) is 7.29. The van der Waals surface area contributed by atoms with Gasteiger partial charge in [-0.3, -0.25) is 0 Å². The molecule has 3 nitrogen and oxygen atoms in total. The summed E-state index contributed by atoms with van der Waals surface area (Å²) in [5, 5.41) is 11.2. The molecule has 21 heavy (non-hydrogen) atoms. The largest absolute Gasteiger partial charge is 0.496 e. The molecule has 0 heterocycles. The minimum atomic E-state index is -0.901. The van der Waals surface area contributed by atoms with E-state index in [2.05, 4.69) is 0 Å². The summed E-state index contributed by atoms with van der Waals surface area (Å²) in [6.45, 7) is 2.64. The second kappa shape index (κ2) is 7.34. The highest BCUT2D eigenvalue weighted by Gasteiger charge is 2.21. The molecule has 1 unspecified atom stereocenters. The molecule has 2 aromatic carbocycles. The number of halogens is 1. The molecule has 0 aliphatic heterocycles. The third-order valence-electron chi connectivity index (χ3n) is 3.18. The maximum absolute atomic E-state index is 10.7. The standard InChI is InChI=1S/C17H19ClO3/c1-3-11-21-14-9-5-4-7-12(14)17(19)16-13(18)8-6-10-15(16)20-2/h4-10,17,19H,3,11H2,1-2H3. The Hall–Kier alpha value is -1.71. The van der Waals surface area contributed by atoms with Gasteiger partial charge in [0.1, 0.15) is 17.6 Å². The molecule has 1 N–H and O–H groups in total. The summed E-state index contributed by atoms with van der Waals surface area (Å²) in [5.74, 6) is 1.22. The normalized spacial score (nSPS) is 12.0. The zero-order valence-corrected chi connectivity index (χ0v) is 12.9. The van der Waals surface area contributed by atoms with E-state index in [1.807, 2.05) is 31.2 Å². The molecular formula is C17H19ClO3. The van der Waals surface area contributed by atoms with Crippen molar-refractivity contribution >= 4 is 11.6 Å². The molecule has 2 rings (SSSR count). The van der Waals surface area contributed by atoms with Gasteiger partial charge in [-0.1, -0.05) is 42.8 Å². The summed E-state index contributed by atoms with van der Waals surface area (Å²) in [4.78, 5) is 0. The van der Waals surface area contributed by atoms with E-state index in [0.717, 1.165) is 6.42 Å². The number of hydrogen-bond acceptors (Lipinski definition) is 3. The summed E-state index contributed by atoms with van der Waals surface area (Å²) in [6, 6.07) is 12.7. The Labute approximate surface area is 130 Å². The van der Waals surface area contributed by atoms with Crippen LogP contribution in [0.2, 0.25) is 5.02 Å². The third-order valence-corrected chi connectivity index (χ3v) is 3.51. The van der Waals surface area contributed by atoms with Gasteiger partial charge in [-0.25, -0.2) is 0 Å². The van der Waals surface area contributed by atoms with Crippen molar-refractivity contribution in [2.75, 3.05) is 13.7 Å². The Morgan fingerprint density at radius 1 is 1.10 bits per heavy atom. The van der Waals surface area contributed by atoms with E-state index in [1.165, 1.54) is 0 Å². The van der Waals surface area contributed by atoms with E-state index in [9.17, 15) is 5.11 Å². The van der Waals surface area contributed by atoms with Gasteiger partial charge in [0.05, 0.1) is 18.7 Å². The fourth-order valence-corrected chi connectivity index (χ4v) is 2.44. The Kier molecular flexibility index (Phi) is 5.48. The molecule has 0 fully saturated rings. The highest BCUT2D eigenvalue weighted by Crippen LogP contribution is 2.38. The monoisotopic (exact) mass is 306 g/mol. The van der Waals surface area contributed by atoms with Gasteiger partial charge in [-0.2, -0.15) is 0 Å². The Morgan fingerprint density at radius 2 is 1.81 bits per heavy atom. The first kappa shape index (κ1) is 15.7. The molecule has 112 valence electrons. The predicted molar refractivity (Wildman–Crippen MR) is 84.3 cm³/mol. The number of ether oxygens (including phenoxy) is 2. The summed E-state index contributed by atoms with van der Waals surface area (Å²) >= 11 is 6.23. The first-order valence-electron chi connectivity index (χ1n) is 6.91. The molecule has 0 amide bonds. The second-order valence-corrected chi connectivity index (χ2v) is 5.05. The summed E-state index contributed by atoms with van der Waals surface area (Å²) in [5.41, 5.74) is 1.23. The predicted octanol–water partition coefficient (Wildman–Crippen LogP) is 4.22. The number of hydrogen-bond donors (Lipinski definition) is 1. The first-order chi connectivity index (χ1) is 10.2. The fraction of sp³-hybridized carbons (Fsp3) is 0.294. The average molecular weight is 307 g/mol. The van der Waals surface area contributed by atoms with Crippen molar-refractivity contribution in [3.8, 4) is 11.5 Å². The number of aliphatic hydroxyl groups is 1. The number of aliphatic hydroxyl groups excluding tert-OH is 1. The molecule has 0 aliphatic rings. The average Bonchev–Trinajstić information content (AvgIpc) is 2.52. The maximum Gasteiger partial charge on any atom is 0.126 e. The molecule has 4 heteroatoms. The van der Waals surface area contributed by atoms with Crippen LogP contribution in [-0.2, 0) is 0 Å². The second-order valence-electron chi connectivity index (χ2n) is 4.64. The topological polar surface area (TPSA) is 38.7 Å². The molecule has 1 atom stereocenters. The Balaban J connectivity index is 2.43. The summed E-state index contributed by atoms with van der Waals surface area (Å²) < 4.78 is 11.0. The van der Waals surface area contributed by atoms with Crippen LogP contribution in [0.15, 0.2) is 42.5 Å². The van der Waals surface area contributed by atoms with Crippen LogP contribution in [-0.4, -0.2) is 18.8 Å². The van der Waals surface area contributed by atoms with Crippen molar-refractivity contribution in [1.82, 2.24) is 0 Å². The van der Waals surface area contributed by atoms with E-state index in [-0.39, 0.29) is 0 Å². The van der Waals surface area contributed by atoms with Crippen LogP contribution in [0, 0.1) is 0 Å². The molecule has 0 aromatic heterocycles. The molecule has 0 spiro atoms. The lowest BCUT2D eigenvalue weighted by Gasteiger charge is -2.19.